The van der Waals surface area contributed by atoms with Gasteiger partial charge in [0.2, 0.25) is 10.0 Å². The number of nitrogens with one attached hydrogen (secondary N) is 1. The van der Waals surface area contributed by atoms with Crippen molar-refractivity contribution in [3.63, 3.8) is 0 Å². The summed E-state index contributed by atoms with van der Waals surface area (Å²) in [6.07, 6.45) is 5.73. The predicted molar refractivity (Wildman–Crippen MR) is 166 cm³/mol. The number of H-pyrrole nitrogens is 1. The fourth-order valence-electron chi connectivity index (χ4n) is 5.37. The Hall–Kier alpha value is -3.58. The Morgan fingerprint density at radius 3 is 2.65 bits per heavy atom. The lowest BCUT2D eigenvalue weighted by molar-refractivity contribution is 0.0361. The van der Waals surface area contributed by atoms with E-state index in [0.717, 1.165) is 49.0 Å². The van der Waals surface area contributed by atoms with Crippen LogP contribution in [-0.2, 0) is 34.8 Å². The monoisotopic (exact) mass is 608 g/mol. The number of sulfonamides is 1. The predicted octanol–water partition coefficient (Wildman–Crippen LogP) is 3.59. The van der Waals surface area contributed by atoms with Crippen LogP contribution in [0.2, 0.25) is 0 Å². The molecule has 0 bridgehead atoms. The Kier molecular flexibility index (Phi) is 9.91. The first-order valence-corrected chi connectivity index (χ1v) is 16.3. The number of pyridine rings is 2. The maximum Gasteiger partial charge on any atom is 0.274 e. The van der Waals surface area contributed by atoms with Crippen LogP contribution in [0.15, 0.2) is 58.5 Å². The minimum Gasteiger partial charge on any atom is -0.493 e. The minimum atomic E-state index is -3.95. The summed E-state index contributed by atoms with van der Waals surface area (Å²) in [4.78, 5) is 22.7. The molecule has 0 spiro atoms. The van der Waals surface area contributed by atoms with Crippen LogP contribution in [0, 0.1) is 0 Å². The normalized spacial score (nSPS) is 14.5. The Labute approximate surface area is 252 Å². The molecule has 0 atom stereocenters. The Morgan fingerprint density at radius 1 is 1.12 bits per heavy atom. The number of nitrogens with zero attached hydrogens (tertiary/aromatic N) is 5. The lowest BCUT2D eigenvalue weighted by atomic mass is 10.1. The number of aromatic amines is 1. The second kappa shape index (κ2) is 13.8. The molecule has 1 saturated heterocycles. The zero-order valence-corrected chi connectivity index (χ0v) is 25.9. The zero-order valence-electron chi connectivity index (χ0n) is 25.1. The van der Waals surface area contributed by atoms with Gasteiger partial charge in [0, 0.05) is 63.1 Å². The number of morpholine rings is 1. The first kappa shape index (κ1) is 30.9. The number of ether oxygens (including phenoxy) is 2. The molecule has 0 aliphatic carbocycles. The van der Waals surface area contributed by atoms with Gasteiger partial charge in [-0.05, 0) is 48.7 Å². The van der Waals surface area contributed by atoms with Gasteiger partial charge < -0.3 is 14.5 Å². The van der Waals surface area contributed by atoms with Gasteiger partial charge in [-0.1, -0.05) is 26.3 Å². The average molecular weight is 609 g/mol. The van der Waals surface area contributed by atoms with Crippen molar-refractivity contribution in [2.45, 2.75) is 44.6 Å². The summed E-state index contributed by atoms with van der Waals surface area (Å²) < 4.78 is 43.2. The maximum atomic E-state index is 14.3. The van der Waals surface area contributed by atoms with Crippen molar-refractivity contribution in [1.82, 2.24) is 29.0 Å². The molecule has 4 heterocycles. The molecule has 3 aromatic heterocycles. The summed E-state index contributed by atoms with van der Waals surface area (Å²) in [5.41, 5.74) is 2.82. The van der Waals surface area contributed by atoms with Crippen LogP contribution in [0.25, 0.3) is 22.2 Å². The highest BCUT2D eigenvalue weighted by atomic mass is 32.2. The summed E-state index contributed by atoms with van der Waals surface area (Å²) in [7, 11) is -2.19. The van der Waals surface area contributed by atoms with Crippen LogP contribution in [-0.4, -0.2) is 83.4 Å². The summed E-state index contributed by atoms with van der Waals surface area (Å²) in [6.45, 7) is 8.39. The number of fused-ring (bicyclic) bond motifs is 1. The van der Waals surface area contributed by atoms with E-state index < -0.39 is 10.0 Å². The molecule has 1 aliphatic heterocycles. The largest absolute Gasteiger partial charge is 0.493 e. The van der Waals surface area contributed by atoms with Crippen molar-refractivity contribution in [2.24, 2.45) is 7.05 Å². The van der Waals surface area contributed by atoms with E-state index in [9.17, 15) is 13.2 Å². The van der Waals surface area contributed by atoms with Crippen LogP contribution < -0.4 is 10.3 Å². The third-order valence-electron chi connectivity index (χ3n) is 7.59. The van der Waals surface area contributed by atoms with Crippen LogP contribution in [0.4, 0.5) is 0 Å². The third-order valence-corrected chi connectivity index (χ3v) is 9.43. The van der Waals surface area contributed by atoms with E-state index in [2.05, 4.69) is 26.9 Å². The van der Waals surface area contributed by atoms with Gasteiger partial charge in [-0.3, -0.25) is 19.4 Å². The van der Waals surface area contributed by atoms with Crippen molar-refractivity contribution < 1.29 is 17.9 Å². The number of hydrogen-bond donors (Lipinski definition) is 1. The second-order valence-corrected chi connectivity index (χ2v) is 12.7. The quantitative estimate of drug-likeness (QED) is 0.244. The van der Waals surface area contributed by atoms with Crippen LogP contribution in [0.3, 0.4) is 0 Å². The average Bonchev–Trinajstić information content (AvgIpc) is 3.34. The maximum absolute atomic E-state index is 14.3. The highest BCUT2D eigenvalue weighted by molar-refractivity contribution is 7.89. The molecule has 11 nitrogen and oxygen atoms in total. The van der Waals surface area contributed by atoms with Crippen molar-refractivity contribution >= 4 is 20.9 Å². The van der Waals surface area contributed by atoms with Crippen molar-refractivity contribution in [3.8, 4) is 17.0 Å². The highest BCUT2D eigenvalue weighted by Crippen LogP contribution is 2.34. The van der Waals surface area contributed by atoms with E-state index in [1.807, 2.05) is 19.1 Å². The fourth-order valence-corrected chi connectivity index (χ4v) is 6.82. The topological polar surface area (TPSA) is 123 Å². The van der Waals surface area contributed by atoms with E-state index in [1.54, 1.807) is 48.4 Å². The summed E-state index contributed by atoms with van der Waals surface area (Å²) in [5, 5.41) is 5.32. The number of hydrogen-bond acceptors (Lipinski definition) is 8. The molecule has 230 valence electrons. The number of aryl methyl sites for hydroxylation is 2. The molecule has 1 aliphatic rings. The van der Waals surface area contributed by atoms with Gasteiger partial charge in [0.05, 0.1) is 36.1 Å². The Balaban J connectivity index is 1.57. The van der Waals surface area contributed by atoms with Gasteiger partial charge in [0.15, 0.2) is 0 Å². The van der Waals surface area contributed by atoms with Gasteiger partial charge in [0.1, 0.15) is 11.3 Å². The molecule has 1 fully saturated rings. The third kappa shape index (κ3) is 6.98. The summed E-state index contributed by atoms with van der Waals surface area (Å²) in [5.74, 6) is 0.504. The molecule has 0 saturated carbocycles. The van der Waals surface area contributed by atoms with Crippen LogP contribution in [0.5, 0.6) is 5.75 Å². The number of rotatable bonds is 13. The lowest BCUT2D eigenvalue weighted by Crippen LogP contribution is -2.42. The van der Waals surface area contributed by atoms with Gasteiger partial charge in [-0.15, -0.1) is 0 Å². The minimum absolute atomic E-state index is 0.123. The molecule has 4 aromatic rings. The fraction of sp³-hybridized carbons (Fsp3) is 0.452. The van der Waals surface area contributed by atoms with E-state index in [1.165, 1.54) is 4.31 Å². The van der Waals surface area contributed by atoms with E-state index in [0.29, 0.717) is 55.4 Å². The molecular weight excluding hydrogens is 568 g/mol. The van der Waals surface area contributed by atoms with E-state index in [-0.39, 0.29) is 17.0 Å². The first-order valence-electron chi connectivity index (χ1n) is 14.9. The SMILES string of the molecule is CCCOc1ccc(S(=O)(=O)N(CCN2CCOCC2)Cc2cccnc2)cc1-c1cc2c(CCC)nn(C)c2c(=O)[nH]1. The molecule has 5 rings (SSSR count). The van der Waals surface area contributed by atoms with E-state index in [4.69, 9.17) is 9.47 Å². The number of aromatic nitrogens is 4. The highest BCUT2D eigenvalue weighted by Gasteiger charge is 2.27. The molecule has 0 unspecified atom stereocenters. The lowest BCUT2D eigenvalue weighted by Gasteiger charge is -2.30. The molecule has 43 heavy (non-hydrogen) atoms. The molecular formula is C31H40N6O5S. The molecule has 1 aromatic carbocycles. The van der Waals surface area contributed by atoms with E-state index >= 15 is 0 Å². The van der Waals surface area contributed by atoms with Crippen LogP contribution >= 0.6 is 0 Å². The summed E-state index contributed by atoms with van der Waals surface area (Å²) in [6, 6.07) is 10.4. The van der Waals surface area contributed by atoms with Crippen molar-refractivity contribution in [2.75, 3.05) is 46.0 Å². The smallest absolute Gasteiger partial charge is 0.274 e. The number of benzene rings is 1. The van der Waals surface area contributed by atoms with Gasteiger partial charge >= 0.3 is 0 Å². The van der Waals surface area contributed by atoms with Crippen LogP contribution in [0.1, 0.15) is 37.9 Å². The van der Waals surface area contributed by atoms with Gasteiger partial charge in [0.25, 0.3) is 5.56 Å². The molecule has 0 radical (unpaired) electrons. The first-order chi connectivity index (χ1) is 20.8. The standard InChI is InChI=1S/C31H40N6O5S/c1-4-7-27-26-20-28(33-31(38)30(26)35(3)34-27)25-19-24(9-10-29(25)42-16-5-2)43(39,40)37(22-23-8-6-11-32-21-23)13-12-36-14-17-41-18-15-36/h6,8-11,19-21H,4-5,7,12-18,22H2,1-3H3,(H,33,38). The molecule has 0 amide bonds. The molecule has 1 N–H and O–H groups in total. The van der Waals surface area contributed by atoms with Crippen molar-refractivity contribution in [1.29, 1.82) is 0 Å². The second-order valence-electron chi connectivity index (χ2n) is 10.8. The van der Waals surface area contributed by atoms with Gasteiger partial charge in [-0.25, -0.2) is 8.42 Å². The Morgan fingerprint density at radius 2 is 1.93 bits per heavy atom. The molecule has 12 heteroatoms. The zero-order chi connectivity index (χ0) is 30.4. The van der Waals surface area contributed by atoms with Crippen molar-refractivity contribution in [3.05, 3.63) is 70.4 Å². The van der Waals surface area contributed by atoms with Gasteiger partial charge in [-0.2, -0.15) is 9.40 Å². The Bertz CT molecular complexity index is 1700. The summed E-state index contributed by atoms with van der Waals surface area (Å²) >= 11 is 0.